The molecule has 2 aromatic rings. The van der Waals surface area contributed by atoms with Crippen LogP contribution < -0.4 is 5.73 Å². The van der Waals surface area contributed by atoms with Crippen LogP contribution in [-0.2, 0) is 0 Å². The van der Waals surface area contributed by atoms with E-state index in [0.29, 0.717) is 0 Å². The quantitative estimate of drug-likeness (QED) is 0.375. The van der Waals surface area contributed by atoms with Gasteiger partial charge in [-0.15, -0.1) is 0 Å². The van der Waals surface area contributed by atoms with Crippen LogP contribution in [0.15, 0.2) is 48.7 Å². The summed E-state index contributed by atoms with van der Waals surface area (Å²) in [7, 11) is 0. The van der Waals surface area contributed by atoms with Crippen molar-refractivity contribution in [1.29, 1.82) is 0 Å². The van der Waals surface area contributed by atoms with Crippen molar-refractivity contribution >= 4 is 16.6 Å². The Balaban J connectivity index is 0.000000137. The van der Waals surface area contributed by atoms with Crippen molar-refractivity contribution in [3.05, 3.63) is 48.7 Å². The molecule has 18 heavy (non-hydrogen) atoms. The predicted octanol–water partition coefficient (Wildman–Crippen LogP) is 2.72. The molecule has 4 rings (SSSR count). The fraction of sp³-hybridized carbons (Fsp3) is 0. The number of aromatic nitrogens is 2. The molecule has 1 aromatic carbocycles. The first kappa shape index (κ1) is 10.4. The SMILES string of the molecule is C#Cn1ncc2cc(N)ccc21.c1cc2cc-2c1. The van der Waals surface area contributed by atoms with E-state index in [2.05, 4.69) is 35.4 Å². The van der Waals surface area contributed by atoms with Gasteiger partial charge in [-0.3, -0.25) is 0 Å². The van der Waals surface area contributed by atoms with Crippen LogP contribution in [0.2, 0.25) is 0 Å². The Labute approximate surface area is 105 Å². The van der Waals surface area contributed by atoms with Gasteiger partial charge in [0.05, 0.1) is 11.7 Å². The highest BCUT2D eigenvalue weighted by Crippen LogP contribution is 2.32. The fourth-order valence-electron chi connectivity index (χ4n) is 1.83. The zero-order valence-electron chi connectivity index (χ0n) is 9.67. The molecule has 0 amide bonds. The number of nitrogen functional groups attached to an aromatic ring is 1. The molecule has 86 valence electrons. The Morgan fingerprint density at radius 3 is 2.44 bits per heavy atom. The summed E-state index contributed by atoms with van der Waals surface area (Å²) < 4.78 is 1.48. The summed E-state index contributed by atoms with van der Waals surface area (Å²) >= 11 is 0. The van der Waals surface area contributed by atoms with Gasteiger partial charge in [0.25, 0.3) is 0 Å². The van der Waals surface area contributed by atoms with Crippen LogP contribution in [0.4, 0.5) is 5.69 Å². The molecule has 2 aliphatic carbocycles. The molecule has 2 aliphatic rings. The smallest absolute Gasteiger partial charge is 0.0835 e. The Kier molecular flexibility index (Phi) is 2.28. The molecule has 0 atom stereocenters. The van der Waals surface area contributed by atoms with Gasteiger partial charge in [0.1, 0.15) is 0 Å². The maximum absolute atomic E-state index is 5.59. The molecule has 1 heterocycles. The number of anilines is 1. The zero-order valence-corrected chi connectivity index (χ0v) is 9.67. The van der Waals surface area contributed by atoms with Crippen LogP contribution in [-0.4, -0.2) is 9.78 Å². The van der Waals surface area contributed by atoms with Gasteiger partial charge in [0.2, 0.25) is 0 Å². The second-order valence-corrected chi connectivity index (χ2v) is 4.08. The van der Waals surface area contributed by atoms with E-state index in [1.54, 1.807) is 12.3 Å². The van der Waals surface area contributed by atoms with Crippen molar-refractivity contribution < 1.29 is 0 Å². The maximum atomic E-state index is 5.59. The van der Waals surface area contributed by atoms with Crippen LogP contribution in [0.25, 0.3) is 22.0 Å². The van der Waals surface area contributed by atoms with E-state index in [-0.39, 0.29) is 0 Å². The standard InChI is InChI=1S/C9H7N3.C6H4/c1-2-12-9-4-3-8(10)5-7(9)6-11-12;1-2-5-4-6(5)3-1/h1,3-6H,10H2;1-4H. The second kappa shape index (κ2) is 3.94. The van der Waals surface area contributed by atoms with Crippen molar-refractivity contribution in [1.82, 2.24) is 9.78 Å². The maximum Gasteiger partial charge on any atom is 0.0835 e. The van der Waals surface area contributed by atoms with Crippen LogP contribution in [0.3, 0.4) is 0 Å². The summed E-state index contributed by atoms with van der Waals surface area (Å²) in [4.78, 5) is 0. The molecule has 2 N–H and O–H groups in total. The van der Waals surface area contributed by atoms with Gasteiger partial charge in [0, 0.05) is 17.1 Å². The molecular weight excluding hydrogens is 222 g/mol. The van der Waals surface area contributed by atoms with Gasteiger partial charge in [-0.05, 0) is 35.4 Å². The molecule has 0 fully saturated rings. The van der Waals surface area contributed by atoms with Gasteiger partial charge < -0.3 is 5.73 Å². The number of fused-ring (bicyclic) bond motifs is 2. The van der Waals surface area contributed by atoms with E-state index in [1.807, 2.05) is 12.1 Å². The van der Waals surface area contributed by atoms with Crippen LogP contribution in [0, 0.1) is 12.5 Å². The lowest BCUT2D eigenvalue weighted by atomic mass is 10.2. The molecule has 0 aliphatic heterocycles. The Morgan fingerprint density at radius 2 is 1.89 bits per heavy atom. The van der Waals surface area contributed by atoms with Gasteiger partial charge in [0.15, 0.2) is 0 Å². The Hall–Kier alpha value is -2.73. The molecule has 0 saturated carbocycles. The number of benzene rings is 2. The highest BCUT2D eigenvalue weighted by Gasteiger charge is 2.07. The molecule has 3 nitrogen and oxygen atoms in total. The fourth-order valence-corrected chi connectivity index (χ4v) is 1.83. The lowest BCUT2D eigenvalue weighted by Gasteiger charge is -1.93. The summed E-state index contributed by atoms with van der Waals surface area (Å²) in [6, 6.07) is 16.4. The number of nitrogens with two attached hydrogens (primary N) is 1. The van der Waals surface area contributed by atoms with Gasteiger partial charge in [-0.1, -0.05) is 24.6 Å². The second-order valence-electron chi connectivity index (χ2n) is 4.08. The normalized spacial score (nSPS) is 10.4. The third-order valence-corrected chi connectivity index (χ3v) is 2.83. The predicted molar refractivity (Wildman–Crippen MR) is 73.8 cm³/mol. The molecule has 0 spiro atoms. The third kappa shape index (κ3) is 1.80. The van der Waals surface area contributed by atoms with Gasteiger partial charge >= 0.3 is 0 Å². The highest BCUT2D eigenvalue weighted by molar-refractivity contribution is 5.82. The van der Waals surface area contributed by atoms with Crippen molar-refractivity contribution in [2.24, 2.45) is 0 Å². The van der Waals surface area contributed by atoms with E-state index in [1.165, 1.54) is 15.8 Å². The van der Waals surface area contributed by atoms with Crippen molar-refractivity contribution in [3.8, 4) is 23.6 Å². The minimum atomic E-state index is 0.721. The number of terminal acetylenes is 1. The summed E-state index contributed by atoms with van der Waals surface area (Å²) in [5, 5.41) is 4.95. The molecule has 1 aromatic heterocycles. The largest absolute Gasteiger partial charge is 0.399 e. The summed E-state index contributed by atoms with van der Waals surface area (Å²) in [5.74, 6) is 0. The minimum Gasteiger partial charge on any atom is -0.399 e. The molecule has 0 unspecified atom stereocenters. The number of hydrogen-bond donors (Lipinski definition) is 1. The molecular formula is C15H11N3. The number of nitrogens with zero attached hydrogens (tertiary/aromatic N) is 2. The van der Waals surface area contributed by atoms with Crippen LogP contribution >= 0.6 is 0 Å². The number of rotatable bonds is 0. The Bertz CT molecular complexity index is 745. The van der Waals surface area contributed by atoms with Crippen LogP contribution in [0.1, 0.15) is 0 Å². The lowest BCUT2D eigenvalue weighted by Crippen LogP contribution is -1.89. The average Bonchev–Trinajstić information content (AvgIpc) is 2.83. The van der Waals surface area contributed by atoms with Crippen LogP contribution in [0.5, 0.6) is 0 Å². The third-order valence-electron chi connectivity index (χ3n) is 2.83. The van der Waals surface area contributed by atoms with Gasteiger partial charge in [-0.2, -0.15) is 9.78 Å². The number of hydrogen-bond acceptors (Lipinski definition) is 2. The molecule has 0 radical (unpaired) electrons. The van der Waals surface area contributed by atoms with Crippen molar-refractivity contribution in [2.45, 2.75) is 0 Å². The summed E-state index contributed by atoms with van der Waals surface area (Å²) in [6.07, 6.45) is 6.92. The molecule has 3 heteroatoms. The van der Waals surface area contributed by atoms with Crippen molar-refractivity contribution in [2.75, 3.05) is 5.73 Å². The minimum absolute atomic E-state index is 0.721. The van der Waals surface area contributed by atoms with E-state index in [9.17, 15) is 0 Å². The molecule has 0 bridgehead atoms. The first-order chi connectivity index (χ1) is 8.78. The summed E-state index contributed by atoms with van der Waals surface area (Å²) in [5.41, 5.74) is 10.1. The van der Waals surface area contributed by atoms with E-state index in [0.717, 1.165) is 16.6 Å². The van der Waals surface area contributed by atoms with E-state index < -0.39 is 0 Å². The average molecular weight is 233 g/mol. The zero-order chi connectivity index (χ0) is 12.5. The van der Waals surface area contributed by atoms with Gasteiger partial charge in [-0.25, -0.2) is 0 Å². The highest BCUT2D eigenvalue weighted by atomic mass is 15.3. The van der Waals surface area contributed by atoms with E-state index in [4.69, 9.17) is 12.2 Å². The summed E-state index contributed by atoms with van der Waals surface area (Å²) in [6.45, 7) is 0. The first-order valence-electron chi connectivity index (χ1n) is 5.58. The Morgan fingerprint density at radius 1 is 1.11 bits per heavy atom. The molecule has 0 saturated heterocycles. The topological polar surface area (TPSA) is 43.8 Å². The van der Waals surface area contributed by atoms with E-state index >= 15 is 0 Å². The lowest BCUT2D eigenvalue weighted by molar-refractivity contribution is 0.949. The monoisotopic (exact) mass is 233 g/mol. The first-order valence-corrected chi connectivity index (χ1v) is 5.58. The van der Waals surface area contributed by atoms with Crippen molar-refractivity contribution in [3.63, 3.8) is 0 Å².